The molecule has 0 aliphatic carbocycles. The lowest BCUT2D eigenvalue weighted by atomic mass is 10.5. The van der Waals surface area contributed by atoms with Crippen LogP contribution in [-0.2, 0) is 6.54 Å². The van der Waals surface area contributed by atoms with E-state index in [0.29, 0.717) is 11.2 Å². The fraction of sp³-hybridized carbons (Fsp3) is 0.800. The molecule has 1 atom stereocenters. The lowest BCUT2D eigenvalue weighted by molar-refractivity contribution is 0.594. The number of tetrazole rings is 1. The Morgan fingerprint density at radius 3 is 2.91 bits per heavy atom. The van der Waals surface area contributed by atoms with Crippen molar-refractivity contribution < 1.29 is 0 Å². The first-order valence-corrected chi connectivity index (χ1v) is 4.57. The van der Waals surface area contributed by atoms with E-state index in [2.05, 4.69) is 22.4 Å². The van der Waals surface area contributed by atoms with Gasteiger partial charge >= 0.3 is 0 Å². The smallest absolute Gasteiger partial charge is 0.240 e. The SMILES string of the molecule is CSC(C)Cn1nnnc1N. The van der Waals surface area contributed by atoms with E-state index >= 15 is 0 Å². The monoisotopic (exact) mass is 173 g/mol. The molecule has 6 heteroatoms. The van der Waals surface area contributed by atoms with Crippen LogP contribution in [0.5, 0.6) is 0 Å². The van der Waals surface area contributed by atoms with Gasteiger partial charge in [-0.1, -0.05) is 12.0 Å². The molecular formula is C5H11N5S. The third-order valence-electron chi connectivity index (χ3n) is 1.39. The molecule has 0 bridgehead atoms. The van der Waals surface area contributed by atoms with Crippen molar-refractivity contribution in [1.29, 1.82) is 0 Å². The van der Waals surface area contributed by atoms with Gasteiger partial charge in [0.15, 0.2) is 0 Å². The highest BCUT2D eigenvalue weighted by Crippen LogP contribution is 2.08. The van der Waals surface area contributed by atoms with Gasteiger partial charge in [-0.3, -0.25) is 0 Å². The zero-order chi connectivity index (χ0) is 8.27. The number of nitrogen functional groups attached to an aromatic ring is 1. The van der Waals surface area contributed by atoms with E-state index in [4.69, 9.17) is 5.73 Å². The van der Waals surface area contributed by atoms with Gasteiger partial charge in [0.2, 0.25) is 5.95 Å². The van der Waals surface area contributed by atoms with Gasteiger partial charge in [0.25, 0.3) is 0 Å². The van der Waals surface area contributed by atoms with Gasteiger partial charge in [-0.05, 0) is 16.7 Å². The van der Waals surface area contributed by atoms with Gasteiger partial charge in [-0.15, -0.1) is 0 Å². The summed E-state index contributed by atoms with van der Waals surface area (Å²) in [5.41, 5.74) is 5.46. The Balaban J connectivity index is 2.56. The molecule has 0 saturated carbocycles. The van der Waals surface area contributed by atoms with Crippen LogP contribution in [0.15, 0.2) is 0 Å². The van der Waals surface area contributed by atoms with E-state index in [1.165, 1.54) is 0 Å². The predicted molar refractivity (Wildman–Crippen MR) is 45.2 cm³/mol. The molecule has 1 heterocycles. The van der Waals surface area contributed by atoms with Crippen molar-refractivity contribution >= 4 is 17.7 Å². The molecule has 0 saturated heterocycles. The summed E-state index contributed by atoms with van der Waals surface area (Å²) in [6.45, 7) is 2.87. The largest absolute Gasteiger partial charge is 0.367 e. The summed E-state index contributed by atoms with van der Waals surface area (Å²) >= 11 is 1.76. The van der Waals surface area contributed by atoms with Crippen molar-refractivity contribution in [2.24, 2.45) is 0 Å². The molecule has 5 nitrogen and oxygen atoms in total. The summed E-state index contributed by atoms with van der Waals surface area (Å²) in [5, 5.41) is 11.2. The molecule has 1 unspecified atom stereocenters. The van der Waals surface area contributed by atoms with Crippen LogP contribution < -0.4 is 5.73 Å². The normalized spacial score (nSPS) is 13.3. The standard InChI is InChI=1S/C5H11N5S/c1-4(11-2)3-10-5(6)7-8-9-10/h4H,3H2,1-2H3,(H2,6,7,9). The summed E-state index contributed by atoms with van der Waals surface area (Å²) in [5.74, 6) is 0.380. The summed E-state index contributed by atoms with van der Waals surface area (Å²) < 4.78 is 1.60. The van der Waals surface area contributed by atoms with Gasteiger partial charge in [-0.2, -0.15) is 11.8 Å². The Kier molecular flexibility index (Phi) is 2.70. The number of hydrogen-bond donors (Lipinski definition) is 1. The predicted octanol–water partition coefficient (Wildman–Crippen LogP) is 0.00680. The van der Waals surface area contributed by atoms with E-state index < -0.39 is 0 Å². The second kappa shape index (κ2) is 3.56. The number of aromatic nitrogens is 4. The fourth-order valence-electron chi connectivity index (χ4n) is 0.660. The van der Waals surface area contributed by atoms with Crippen LogP contribution in [0, 0.1) is 0 Å². The summed E-state index contributed by atoms with van der Waals surface area (Å²) in [4.78, 5) is 0. The first-order chi connectivity index (χ1) is 5.24. The quantitative estimate of drug-likeness (QED) is 0.697. The summed E-state index contributed by atoms with van der Waals surface area (Å²) in [6, 6.07) is 0. The highest BCUT2D eigenvalue weighted by atomic mass is 32.2. The third kappa shape index (κ3) is 2.07. The zero-order valence-electron chi connectivity index (χ0n) is 6.56. The Hall–Kier alpha value is -0.780. The van der Waals surface area contributed by atoms with Crippen molar-refractivity contribution in [1.82, 2.24) is 20.2 Å². The lowest BCUT2D eigenvalue weighted by Gasteiger charge is -2.06. The van der Waals surface area contributed by atoms with Crippen molar-refractivity contribution in [3.05, 3.63) is 0 Å². The molecule has 0 aliphatic heterocycles. The van der Waals surface area contributed by atoms with E-state index in [1.54, 1.807) is 16.4 Å². The van der Waals surface area contributed by atoms with Crippen molar-refractivity contribution in [3.63, 3.8) is 0 Å². The van der Waals surface area contributed by atoms with Gasteiger partial charge in [0, 0.05) is 5.25 Å². The van der Waals surface area contributed by atoms with Crippen LogP contribution in [0.4, 0.5) is 5.95 Å². The molecule has 62 valence electrons. The molecule has 0 aliphatic rings. The fourth-order valence-corrected chi connectivity index (χ4v) is 0.950. The van der Waals surface area contributed by atoms with Crippen LogP contribution in [0.3, 0.4) is 0 Å². The second-order valence-electron chi connectivity index (χ2n) is 2.27. The molecule has 0 fully saturated rings. The maximum atomic E-state index is 5.46. The van der Waals surface area contributed by atoms with Gasteiger partial charge in [0.05, 0.1) is 6.54 Å². The van der Waals surface area contributed by atoms with Gasteiger partial charge < -0.3 is 5.73 Å². The molecule has 1 aromatic heterocycles. The Morgan fingerprint density at radius 2 is 2.45 bits per heavy atom. The molecule has 1 rings (SSSR count). The van der Waals surface area contributed by atoms with Crippen molar-refractivity contribution in [3.8, 4) is 0 Å². The van der Waals surface area contributed by atoms with Crippen molar-refractivity contribution in [2.75, 3.05) is 12.0 Å². The lowest BCUT2D eigenvalue weighted by Crippen LogP contribution is -2.12. The average molecular weight is 173 g/mol. The van der Waals surface area contributed by atoms with Gasteiger partial charge in [0.1, 0.15) is 0 Å². The molecule has 1 aromatic rings. The molecule has 0 aromatic carbocycles. The minimum atomic E-state index is 0.380. The van der Waals surface area contributed by atoms with E-state index in [9.17, 15) is 0 Å². The minimum absolute atomic E-state index is 0.380. The highest BCUT2D eigenvalue weighted by Gasteiger charge is 2.04. The zero-order valence-corrected chi connectivity index (χ0v) is 7.38. The maximum Gasteiger partial charge on any atom is 0.240 e. The van der Waals surface area contributed by atoms with Crippen LogP contribution in [-0.4, -0.2) is 31.7 Å². The average Bonchev–Trinajstić information content (AvgIpc) is 2.37. The summed E-state index contributed by atoms with van der Waals surface area (Å²) in [7, 11) is 0. The van der Waals surface area contributed by atoms with E-state index in [1.807, 2.05) is 6.26 Å². The molecule has 2 N–H and O–H groups in total. The van der Waals surface area contributed by atoms with E-state index in [-0.39, 0.29) is 0 Å². The molecular weight excluding hydrogens is 162 g/mol. The number of thioether (sulfide) groups is 1. The number of anilines is 1. The first kappa shape index (κ1) is 8.32. The molecule has 0 spiro atoms. The second-order valence-corrected chi connectivity index (χ2v) is 3.54. The van der Waals surface area contributed by atoms with Crippen LogP contribution in [0.25, 0.3) is 0 Å². The molecule has 11 heavy (non-hydrogen) atoms. The minimum Gasteiger partial charge on any atom is -0.367 e. The number of rotatable bonds is 3. The molecule has 0 radical (unpaired) electrons. The van der Waals surface area contributed by atoms with Gasteiger partial charge in [-0.25, -0.2) is 4.68 Å². The first-order valence-electron chi connectivity index (χ1n) is 3.28. The topological polar surface area (TPSA) is 69.6 Å². The molecule has 0 amide bonds. The van der Waals surface area contributed by atoms with Crippen molar-refractivity contribution in [2.45, 2.75) is 18.7 Å². The maximum absolute atomic E-state index is 5.46. The number of nitrogens with two attached hydrogens (primary N) is 1. The van der Waals surface area contributed by atoms with Crippen LogP contribution in [0.2, 0.25) is 0 Å². The highest BCUT2D eigenvalue weighted by molar-refractivity contribution is 7.99. The summed E-state index contributed by atoms with van der Waals surface area (Å²) in [6.07, 6.45) is 2.05. The number of hydrogen-bond acceptors (Lipinski definition) is 5. The Bertz CT molecular complexity index is 222. The Morgan fingerprint density at radius 1 is 1.73 bits per heavy atom. The van der Waals surface area contributed by atoms with Crippen LogP contribution >= 0.6 is 11.8 Å². The third-order valence-corrected chi connectivity index (χ3v) is 2.35. The van der Waals surface area contributed by atoms with E-state index in [0.717, 1.165) is 6.54 Å². The van der Waals surface area contributed by atoms with Crippen LogP contribution in [0.1, 0.15) is 6.92 Å². The Labute approximate surface area is 69.3 Å². The number of nitrogens with zero attached hydrogens (tertiary/aromatic N) is 4.